The summed E-state index contributed by atoms with van der Waals surface area (Å²) < 4.78 is 6.10. The average molecular weight is 410 g/mol. The van der Waals surface area contributed by atoms with Gasteiger partial charge in [0.15, 0.2) is 6.10 Å². The third-order valence-corrected chi connectivity index (χ3v) is 4.38. The lowest BCUT2D eigenvalue weighted by Crippen LogP contribution is -2.23. The van der Waals surface area contributed by atoms with Crippen LogP contribution in [0.4, 0.5) is 0 Å². The van der Waals surface area contributed by atoms with E-state index in [2.05, 4.69) is 20.9 Å². The van der Waals surface area contributed by atoms with Gasteiger partial charge in [0, 0.05) is 33.3 Å². The molecule has 1 heterocycles. The highest BCUT2D eigenvalue weighted by atomic mass is 79.9. The number of hydrogen-bond donors (Lipinski definition) is 0. The van der Waals surface area contributed by atoms with Crippen LogP contribution in [0.15, 0.2) is 71.3 Å². The molecule has 5 heteroatoms. The summed E-state index contributed by atoms with van der Waals surface area (Å²) in [4.78, 5) is 28.7. The van der Waals surface area contributed by atoms with Crippen LogP contribution in [0.25, 0.3) is 17.0 Å². The van der Waals surface area contributed by atoms with E-state index >= 15 is 0 Å². The fraction of sp³-hybridized carbons (Fsp3) is 0.0952. The number of pyridine rings is 1. The maximum Gasteiger partial charge on any atom is 0.331 e. The monoisotopic (exact) mass is 409 g/mol. The Bertz CT molecular complexity index is 975. The summed E-state index contributed by atoms with van der Waals surface area (Å²) in [5.74, 6) is -0.818. The van der Waals surface area contributed by atoms with Crippen molar-refractivity contribution < 1.29 is 14.3 Å². The molecule has 0 spiro atoms. The van der Waals surface area contributed by atoms with Crippen molar-refractivity contribution in [3.8, 4) is 0 Å². The quantitative estimate of drug-likeness (QED) is 0.344. The zero-order valence-corrected chi connectivity index (χ0v) is 15.6. The number of fused-ring (bicyclic) bond motifs is 1. The molecule has 0 amide bonds. The van der Waals surface area contributed by atoms with Gasteiger partial charge in [-0.15, -0.1) is 0 Å². The minimum atomic E-state index is -0.862. The number of esters is 1. The minimum absolute atomic E-state index is 0.244. The smallest absolute Gasteiger partial charge is 0.331 e. The molecule has 0 radical (unpaired) electrons. The first-order valence-corrected chi connectivity index (χ1v) is 8.86. The zero-order chi connectivity index (χ0) is 18.5. The molecule has 1 aromatic heterocycles. The molecule has 26 heavy (non-hydrogen) atoms. The van der Waals surface area contributed by atoms with Crippen molar-refractivity contribution in [3.63, 3.8) is 0 Å². The number of carbonyl (C=O) groups excluding carboxylic acids is 2. The molecule has 0 N–H and O–H groups in total. The van der Waals surface area contributed by atoms with E-state index < -0.39 is 12.1 Å². The summed E-state index contributed by atoms with van der Waals surface area (Å²) in [6.45, 7) is 1.57. The number of ketones is 1. The first kappa shape index (κ1) is 18.0. The largest absolute Gasteiger partial charge is 0.451 e. The molecule has 4 nitrogen and oxygen atoms in total. The highest BCUT2D eigenvalue weighted by molar-refractivity contribution is 9.10. The first-order valence-electron chi connectivity index (χ1n) is 8.07. The topological polar surface area (TPSA) is 56.3 Å². The van der Waals surface area contributed by atoms with Gasteiger partial charge in [-0.25, -0.2) is 4.79 Å². The van der Waals surface area contributed by atoms with Gasteiger partial charge in [0.2, 0.25) is 5.78 Å². The normalized spacial score (nSPS) is 12.2. The molecular weight excluding hydrogens is 394 g/mol. The van der Waals surface area contributed by atoms with Crippen molar-refractivity contribution in [2.75, 3.05) is 0 Å². The number of aromatic nitrogens is 1. The average Bonchev–Trinajstić information content (AvgIpc) is 2.66. The van der Waals surface area contributed by atoms with Gasteiger partial charge in [0.1, 0.15) is 0 Å². The van der Waals surface area contributed by atoms with Crippen LogP contribution < -0.4 is 0 Å². The maximum absolute atomic E-state index is 12.3. The van der Waals surface area contributed by atoms with E-state index in [-0.39, 0.29) is 5.78 Å². The Kier molecular flexibility index (Phi) is 5.58. The second-order valence-corrected chi connectivity index (χ2v) is 6.62. The molecule has 0 fully saturated rings. The van der Waals surface area contributed by atoms with Gasteiger partial charge in [-0.05, 0) is 31.2 Å². The molecular formula is C21H16BrNO3. The summed E-state index contributed by atoms with van der Waals surface area (Å²) in [6, 6.07) is 16.5. The SMILES string of the molecule is CC(OC(=O)/C=C/c1cccc2cccnc12)C(=O)c1ccc(Br)cc1. The maximum atomic E-state index is 12.3. The van der Waals surface area contributed by atoms with Gasteiger partial charge >= 0.3 is 5.97 Å². The lowest BCUT2D eigenvalue weighted by atomic mass is 10.1. The van der Waals surface area contributed by atoms with Gasteiger partial charge in [-0.2, -0.15) is 0 Å². The van der Waals surface area contributed by atoms with E-state index in [1.807, 2.05) is 30.3 Å². The first-order chi connectivity index (χ1) is 12.5. The van der Waals surface area contributed by atoms with E-state index in [4.69, 9.17) is 4.74 Å². The van der Waals surface area contributed by atoms with Crippen LogP contribution in [0.1, 0.15) is 22.8 Å². The van der Waals surface area contributed by atoms with E-state index in [9.17, 15) is 9.59 Å². The number of hydrogen-bond acceptors (Lipinski definition) is 4. The number of ether oxygens (including phenoxy) is 1. The molecule has 1 unspecified atom stereocenters. The summed E-state index contributed by atoms with van der Waals surface area (Å²) in [5.41, 5.74) is 2.11. The highest BCUT2D eigenvalue weighted by Gasteiger charge is 2.18. The van der Waals surface area contributed by atoms with Crippen LogP contribution in [-0.4, -0.2) is 22.8 Å². The van der Waals surface area contributed by atoms with Crippen LogP contribution >= 0.6 is 15.9 Å². The van der Waals surface area contributed by atoms with E-state index in [0.717, 1.165) is 20.9 Å². The van der Waals surface area contributed by atoms with Crippen molar-refractivity contribution in [3.05, 3.63) is 82.5 Å². The number of nitrogens with zero attached hydrogens (tertiary/aromatic N) is 1. The van der Waals surface area contributed by atoms with Gasteiger partial charge in [-0.3, -0.25) is 9.78 Å². The second kappa shape index (κ2) is 8.06. The Morgan fingerprint density at radius 3 is 2.58 bits per heavy atom. The Balaban J connectivity index is 1.68. The molecule has 0 saturated heterocycles. The molecule has 1 atom stereocenters. The van der Waals surface area contributed by atoms with E-state index in [1.54, 1.807) is 43.5 Å². The van der Waals surface area contributed by atoms with Crippen LogP contribution in [0, 0.1) is 0 Å². The van der Waals surface area contributed by atoms with Crippen LogP contribution in [0.3, 0.4) is 0 Å². The van der Waals surface area contributed by atoms with Crippen molar-refractivity contribution in [2.45, 2.75) is 13.0 Å². The molecule has 0 aliphatic carbocycles. The Morgan fingerprint density at radius 1 is 1.08 bits per heavy atom. The lowest BCUT2D eigenvalue weighted by molar-refractivity contribution is -0.140. The number of Topliss-reactive ketones (excluding diaryl/α,β-unsaturated/α-hetero) is 1. The molecule has 3 rings (SSSR count). The molecule has 0 aliphatic rings. The van der Waals surface area contributed by atoms with Gasteiger partial charge in [-0.1, -0.05) is 52.3 Å². The Hall–Kier alpha value is -2.79. The zero-order valence-electron chi connectivity index (χ0n) is 14.1. The predicted molar refractivity (Wildman–Crippen MR) is 105 cm³/mol. The molecule has 0 aliphatic heterocycles. The number of benzene rings is 2. The van der Waals surface area contributed by atoms with Crippen molar-refractivity contribution in [1.82, 2.24) is 4.98 Å². The van der Waals surface area contributed by atoms with E-state index in [0.29, 0.717) is 5.56 Å². The number of carbonyl (C=O) groups is 2. The number of halogens is 1. The molecule has 3 aromatic rings. The third kappa shape index (κ3) is 4.24. The highest BCUT2D eigenvalue weighted by Crippen LogP contribution is 2.17. The summed E-state index contributed by atoms with van der Waals surface area (Å²) in [6.07, 6.45) is 3.80. The number of rotatable bonds is 5. The van der Waals surface area contributed by atoms with Crippen LogP contribution in [0.5, 0.6) is 0 Å². The fourth-order valence-electron chi connectivity index (χ4n) is 2.54. The molecule has 2 aromatic carbocycles. The summed E-state index contributed by atoms with van der Waals surface area (Å²) >= 11 is 3.32. The fourth-order valence-corrected chi connectivity index (χ4v) is 2.80. The summed E-state index contributed by atoms with van der Waals surface area (Å²) in [7, 11) is 0. The Morgan fingerprint density at radius 2 is 1.81 bits per heavy atom. The van der Waals surface area contributed by atoms with E-state index in [1.165, 1.54) is 6.08 Å². The number of para-hydroxylation sites is 1. The molecule has 130 valence electrons. The second-order valence-electron chi connectivity index (χ2n) is 5.71. The van der Waals surface area contributed by atoms with Crippen molar-refractivity contribution in [1.29, 1.82) is 0 Å². The van der Waals surface area contributed by atoms with Crippen LogP contribution in [-0.2, 0) is 9.53 Å². The minimum Gasteiger partial charge on any atom is -0.451 e. The Labute approximate surface area is 159 Å². The van der Waals surface area contributed by atoms with Crippen LogP contribution in [0.2, 0.25) is 0 Å². The predicted octanol–water partition coefficient (Wildman–Crippen LogP) is 4.83. The van der Waals surface area contributed by atoms with Gasteiger partial charge in [0.25, 0.3) is 0 Å². The molecule has 0 bridgehead atoms. The van der Waals surface area contributed by atoms with Gasteiger partial charge < -0.3 is 4.74 Å². The lowest BCUT2D eigenvalue weighted by Gasteiger charge is -2.11. The standard InChI is InChI=1S/C21H16BrNO3/c1-14(21(25)17-7-10-18(22)11-8-17)26-19(24)12-9-16-5-2-4-15-6-3-13-23-20(15)16/h2-14H,1H3/b12-9+. The van der Waals surface area contributed by atoms with Crippen molar-refractivity contribution >= 4 is 44.7 Å². The summed E-state index contributed by atoms with van der Waals surface area (Å²) in [5, 5.41) is 0.988. The third-order valence-electron chi connectivity index (χ3n) is 3.85. The van der Waals surface area contributed by atoms with Crippen molar-refractivity contribution in [2.24, 2.45) is 0 Å². The molecule has 0 saturated carbocycles. The van der Waals surface area contributed by atoms with Gasteiger partial charge in [0.05, 0.1) is 5.52 Å².